The molecule has 2 aromatic rings. The van der Waals surface area contributed by atoms with Crippen LogP contribution in [0.5, 0.6) is 0 Å². The third kappa shape index (κ3) is 3.76. The molecule has 1 saturated carbocycles. The molecule has 2 aromatic carbocycles. The monoisotopic (exact) mass is 296 g/mol. The lowest BCUT2D eigenvalue weighted by atomic mass is 9.85. The van der Waals surface area contributed by atoms with Gasteiger partial charge >= 0.3 is 0 Å². The molecule has 0 heterocycles. The van der Waals surface area contributed by atoms with Gasteiger partial charge in [-0.25, -0.2) is 4.39 Å². The first-order chi connectivity index (χ1) is 10.7. The largest absolute Gasteiger partial charge is 0.207 e. The van der Waals surface area contributed by atoms with Gasteiger partial charge in [-0.05, 0) is 54.0 Å². The van der Waals surface area contributed by atoms with Crippen LogP contribution < -0.4 is 0 Å². The fraction of sp³-hybridized carbons (Fsp3) is 0.429. The van der Waals surface area contributed by atoms with Crippen molar-refractivity contribution in [3.05, 3.63) is 59.4 Å². The normalized spacial score (nSPS) is 15.9. The molecule has 0 nitrogen and oxygen atoms in total. The Morgan fingerprint density at radius 3 is 2.27 bits per heavy atom. The minimum atomic E-state index is -0.126. The second-order valence-electron chi connectivity index (χ2n) is 6.70. The second kappa shape index (κ2) is 7.09. The van der Waals surface area contributed by atoms with Crippen molar-refractivity contribution in [2.75, 3.05) is 0 Å². The van der Waals surface area contributed by atoms with Gasteiger partial charge in [-0.1, -0.05) is 68.5 Å². The molecule has 0 atom stereocenters. The van der Waals surface area contributed by atoms with Gasteiger partial charge in [0.25, 0.3) is 0 Å². The predicted molar refractivity (Wildman–Crippen MR) is 91.5 cm³/mol. The van der Waals surface area contributed by atoms with Gasteiger partial charge < -0.3 is 0 Å². The van der Waals surface area contributed by atoms with Crippen molar-refractivity contribution >= 4 is 0 Å². The minimum absolute atomic E-state index is 0.126. The Morgan fingerprint density at radius 1 is 0.909 bits per heavy atom. The number of rotatable bonds is 4. The molecule has 0 unspecified atom stereocenters. The molecule has 1 fully saturated rings. The van der Waals surface area contributed by atoms with Crippen LogP contribution in [-0.4, -0.2) is 0 Å². The van der Waals surface area contributed by atoms with Crippen LogP contribution in [0.3, 0.4) is 0 Å². The van der Waals surface area contributed by atoms with Crippen molar-refractivity contribution in [2.45, 2.75) is 51.9 Å². The summed E-state index contributed by atoms with van der Waals surface area (Å²) in [6.45, 7) is 1.80. The molecular weight excluding hydrogens is 271 g/mol. The lowest BCUT2D eigenvalue weighted by molar-refractivity contribution is 0.339. The van der Waals surface area contributed by atoms with Crippen LogP contribution in [0.25, 0.3) is 11.1 Å². The van der Waals surface area contributed by atoms with Crippen molar-refractivity contribution in [1.29, 1.82) is 0 Å². The molecule has 0 saturated heterocycles. The van der Waals surface area contributed by atoms with Crippen LogP contribution >= 0.6 is 0 Å². The van der Waals surface area contributed by atoms with E-state index < -0.39 is 0 Å². The molecular formula is C21H25F. The molecule has 1 aliphatic rings. The maximum atomic E-state index is 13.7. The number of hydrogen-bond donors (Lipinski definition) is 0. The molecule has 0 aliphatic heterocycles. The van der Waals surface area contributed by atoms with E-state index in [0.29, 0.717) is 5.56 Å². The molecule has 1 heteroatoms. The lowest BCUT2D eigenvalue weighted by Gasteiger charge is -2.21. The standard InChI is InChI=1S/C21H25F/c1-16-7-12-20(15-21(16)22)19-13-10-18(11-14-19)9-8-17-5-3-2-4-6-17/h7,10-15,17H,2-6,8-9H2,1H3. The molecule has 0 radical (unpaired) electrons. The van der Waals surface area contributed by atoms with E-state index in [-0.39, 0.29) is 5.82 Å². The topological polar surface area (TPSA) is 0 Å². The van der Waals surface area contributed by atoms with Gasteiger partial charge in [-0.15, -0.1) is 0 Å². The first-order valence-corrected chi connectivity index (χ1v) is 8.58. The highest BCUT2D eigenvalue weighted by Gasteiger charge is 2.13. The Hall–Kier alpha value is -1.63. The summed E-state index contributed by atoms with van der Waals surface area (Å²) in [6, 6.07) is 14.1. The van der Waals surface area contributed by atoms with E-state index in [1.54, 1.807) is 13.0 Å². The summed E-state index contributed by atoms with van der Waals surface area (Å²) in [5, 5.41) is 0. The van der Waals surface area contributed by atoms with E-state index in [0.717, 1.165) is 17.0 Å². The zero-order chi connectivity index (χ0) is 15.4. The smallest absolute Gasteiger partial charge is 0.126 e. The molecule has 22 heavy (non-hydrogen) atoms. The highest BCUT2D eigenvalue weighted by molar-refractivity contribution is 5.64. The van der Waals surface area contributed by atoms with Crippen molar-refractivity contribution in [2.24, 2.45) is 5.92 Å². The lowest BCUT2D eigenvalue weighted by Crippen LogP contribution is -2.07. The van der Waals surface area contributed by atoms with Crippen LogP contribution in [-0.2, 0) is 6.42 Å². The summed E-state index contributed by atoms with van der Waals surface area (Å²) in [4.78, 5) is 0. The quantitative estimate of drug-likeness (QED) is 0.620. The van der Waals surface area contributed by atoms with Crippen molar-refractivity contribution in [1.82, 2.24) is 0 Å². The summed E-state index contributed by atoms with van der Waals surface area (Å²) < 4.78 is 13.7. The van der Waals surface area contributed by atoms with Gasteiger partial charge in [0, 0.05) is 0 Å². The molecule has 1 aliphatic carbocycles. The van der Waals surface area contributed by atoms with Gasteiger partial charge in [-0.2, -0.15) is 0 Å². The molecule has 0 spiro atoms. The maximum absolute atomic E-state index is 13.7. The van der Waals surface area contributed by atoms with E-state index >= 15 is 0 Å². The van der Waals surface area contributed by atoms with E-state index in [4.69, 9.17) is 0 Å². The Bertz CT molecular complexity index is 606. The molecule has 0 bridgehead atoms. The van der Waals surface area contributed by atoms with Crippen molar-refractivity contribution in [3.63, 3.8) is 0 Å². The zero-order valence-electron chi connectivity index (χ0n) is 13.4. The minimum Gasteiger partial charge on any atom is -0.207 e. The molecule has 0 aromatic heterocycles. The van der Waals surface area contributed by atoms with E-state index in [9.17, 15) is 4.39 Å². The summed E-state index contributed by atoms with van der Waals surface area (Å²) in [5.74, 6) is 0.804. The average molecular weight is 296 g/mol. The van der Waals surface area contributed by atoms with E-state index in [2.05, 4.69) is 24.3 Å². The van der Waals surface area contributed by atoms with Gasteiger partial charge in [-0.3, -0.25) is 0 Å². The van der Waals surface area contributed by atoms with Gasteiger partial charge in [0.2, 0.25) is 0 Å². The molecule has 0 amide bonds. The Morgan fingerprint density at radius 2 is 1.59 bits per heavy atom. The Balaban J connectivity index is 1.63. The first kappa shape index (κ1) is 15.3. The van der Waals surface area contributed by atoms with Crippen LogP contribution in [0.2, 0.25) is 0 Å². The maximum Gasteiger partial charge on any atom is 0.126 e. The van der Waals surface area contributed by atoms with E-state index in [1.807, 2.05) is 12.1 Å². The highest BCUT2D eigenvalue weighted by atomic mass is 19.1. The van der Waals surface area contributed by atoms with Crippen LogP contribution in [0, 0.1) is 18.7 Å². The number of benzene rings is 2. The SMILES string of the molecule is Cc1ccc(-c2ccc(CCC3CCCCC3)cc2)cc1F. The van der Waals surface area contributed by atoms with Crippen LogP contribution in [0.4, 0.5) is 4.39 Å². The molecule has 0 N–H and O–H groups in total. The molecule has 116 valence electrons. The fourth-order valence-electron chi connectivity index (χ4n) is 3.48. The summed E-state index contributed by atoms with van der Waals surface area (Å²) in [5.41, 5.74) is 4.16. The highest BCUT2D eigenvalue weighted by Crippen LogP contribution is 2.28. The average Bonchev–Trinajstić information content (AvgIpc) is 2.57. The van der Waals surface area contributed by atoms with E-state index in [1.165, 1.54) is 50.5 Å². The summed E-state index contributed by atoms with van der Waals surface area (Å²) >= 11 is 0. The van der Waals surface area contributed by atoms with Gasteiger partial charge in [0.1, 0.15) is 5.82 Å². The third-order valence-electron chi connectivity index (χ3n) is 5.03. The number of aryl methyl sites for hydroxylation is 2. The summed E-state index contributed by atoms with van der Waals surface area (Å²) in [7, 11) is 0. The van der Waals surface area contributed by atoms with Crippen molar-refractivity contribution in [3.8, 4) is 11.1 Å². The van der Waals surface area contributed by atoms with Crippen LogP contribution in [0.15, 0.2) is 42.5 Å². The number of hydrogen-bond acceptors (Lipinski definition) is 0. The first-order valence-electron chi connectivity index (χ1n) is 8.58. The number of halogens is 1. The third-order valence-corrected chi connectivity index (χ3v) is 5.03. The second-order valence-corrected chi connectivity index (χ2v) is 6.70. The predicted octanol–water partition coefficient (Wildman–Crippen LogP) is 6.31. The van der Waals surface area contributed by atoms with Crippen molar-refractivity contribution < 1.29 is 4.39 Å². The fourth-order valence-corrected chi connectivity index (χ4v) is 3.48. The Kier molecular flexibility index (Phi) is 4.92. The van der Waals surface area contributed by atoms with Gasteiger partial charge in [0.05, 0.1) is 0 Å². The summed E-state index contributed by atoms with van der Waals surface area (Å²) in [6.07, 6.45) is 9.59. The Labute approximate surface area is 133 Å². The van der Waals surface area contributed by atoms with Gasteiger partial charge in [0.15, 0.2) is 0 Å². The molecule has 3 rings (SSSR count). The van der Waals surface area contributed by atoms with Crippen LogP contribution in [0.1, 0.15) is 49.7 Å². The zero-order valence-corrected chi connectivity index (χ0v) is 13.4.